The van der Waals surface area contributed by atoms with Crippen LogP contribution in [0.15, 0.2) is 18.2 Å². The molecule has 0 aliphatic carbocycles. The van der Waals surface area contributed by atoms with Crippen LogP contribution in [0.2, 0.25) is 0 Å². The zero-order chi connectivity index (χ0) is 15.3. The summed E-state index contributed by atoms with van der Waals surface area (Å²) in [5.74, 6) is -0.743. The van der Waals surface area contributed by atoms with Crippen molar-refractivity contribution in [2.75, 3.05) is 5.32 Å². The normalized spacial score (nSPS) is 14.9. The molecule has 0 amide bonds. The molecular weight excluding hydrogens is 270 g/mol. The predicted molar refractivity (Wildman–Crippen MR) is 73.2 cm³/mol. The van der Waals surface area contributed by atoms with Gasteiger partial charge in [-0.05, 0) is 37.0 Å². The monoisotopic (exact) mass is 291 g/mol. The second-order valence-electron chi connectivity index (χ2n) is 5.19. The van der Waals surface area contributed by atoms with Crippen molar-refractivity contribution >= 4 is 5.69 Å². The molecule has 0 aliphatic rings. The van der Waals surface area contributed by atoms with Crippen LogP contribution < -0.4 is 5.32 Å². The fourth-order valence-electron chi connectivity index (χ4n) is 2.05. The Balaban J connectivity index is 2.86. The van der Waals surface area contributed by atoms with Gasteiger partial charge in [0, 0.05) is 11.7 Å². The lowest BCUT2D eigenvalue weighted by Gasteiger charge is -2.22. The smallest absolute Gasteiger partial charge is 0.382 e. The molecule has 0 fully saturated rings. The second kappa shape index (κ2) is 6.95. The molecule has 0 spiro atoms. The molecule has 20 heavy (non-hydrogen) atoms. The van der Waals surface area contributed by atoms with Crippen LogP contribution in [0.1, 0.15) is 45.6 Å². The van der Waals surface area contributed by atoms with Crippen molar-refractivity contribution in [3.05, 3.63) is 29.6 Å². The molecule has 0 radical (unpaired) electrons. The Kier molecular flexibility index (Phi) is 5.84. The fraction of sp³-hybridized carbons (Fsp3) is 0.600. The van der Waals surface area contributed by atoms with Crippen molar-refractivity contribution in [2.24, 2.45) is 5.92 Å². The Bertz CT molecular complexity index is 428. The molecule has 1 N–H and O–H groups in total. The summed E-state index contributed by atoms with van der Waals surface area (Å²) in [4.78, 5) is 0. The number of hydrogen-bond donors (Lipinski definition) is 1. The summed E-state index contributed by atoms with van der Waals surface area (Å²) in [5.41, 5.74) is -0.908. The average molecular weight is 291 g/mol. The van der Waals surface area contributed by atoms with E-state index in [-0.39, 0.29) is 6.04 Å². The predicted octanol–water partition coefficient (Wildman–Crippen LogP) is 5.47. The van der Waals surface area contributed by atoms with Crippen molar-refractivity contribution in [3.8, 4) is 0 Å². The number of rotatable bonds is 6. The number of halogens is 4. The van der Waals surface area contributed by atoms with E-state index in [0.717, 1.165) is 31.4 Å². The highest BCUT2D eigenvalue weighted by Crippen LogP contribution is 2.33. The molecule has 0 saturated carbocycles. The number of anilines is 1. The Morgan fingerprint density at radius 3 is 2.30 bits per heavy atom. The first-order chi connectivity index (χ1) is 9.27. The summed E-state index contributed by atoms with van der Waals surface area (Å²) in [5, 5.41) is 3.07. The molecular formula is C15H21F4N. The molecule has 1 nitrogen and oxygen atoms in total. The van der Waals surface area contributed by atoms with E-state index in [1.54, 1.807) is 0 Å². The summed E-state index contributed by atoms with van der Waals surface area (Å²) in [6, 6.07) is 3.15. The highest BCUT2D eigenvalue weighted by molar-refractivity contribution is 5.47. The number of benzene rings is 1. The summed E-state index contributed by atoms with van der Waals surface area (Å²) >= 11 is 0. The molecule has 0 bridgehead atoms. The van der Waals surface area contributed by atoms with E-state index in [1.807, 2.05) is 6.92 Å². The van der Waals surface area contributed by atoms with Gasteiger partial charge in [0.15, 0.2) is 0 Å². The van der Waals surface area contributed by atoms with Crippen LogP contribution in [0.25, 0.3) is 0 Å². The van der Waals surface area contributed by atoms with Crippen LogP contribution in [0.5, 0.6) is 0 Å². The first-order valence-electron chi connectivity index (χ1n) is 6.91. The minimum absolute atomic E-state index is 0.0940. The van der Waals surface area contributed by atoms with Crippen LogP contribution in [-0.4, -0.2) is 6.04 Å². The lowest BCUT2D eigenvalue weighted by molar-refractivity contribution is -0.139. The van der Waals surface area contributed by atoms with Gasteiger partial charge in [-0.25, -0.2) is 4.39 Å². The largest absolute Gasteiger partial charge is 0.419 e. The van der Waals surface area contributed by atoms with Gasteiger partial charge in [-0.1, -0.05) is 27.2 Å². The van der Waals surface area contributed by atoms with Gasteiger partial charge in [0.25, 0.3) is 0 Å². The molecule has 1 aromatic rings. The van der Waals surface area contributed by atoms with Gasteiger partial charge in [-0.15, -0.1) is 0 Å². The molecule has 5 heteroatoms. The Hall–Kier alpha value is -1.26. The fourth-order valence-corrected chi connectivity index (χ4v) is 2.05. The van der Waals surface area contributed by atoms with Crippen LogP contribution in [-0.2, 0) is 6.18 Å². The number of nitrogens with one attached hydrogen (secondary N) is 1. The van der Waals surface area contributed by atoms with Gasteiger partial charge in [-0.2, -0.15) is 13.2 Å². The van der Waals surface area contributed by atoms with Crippen molar-refractivity contribution in [2.45, 2.75) is 52.3 Å². The average Bonchev–Trinajstić information content (AvgIpc) is 2.38. The van der Waals surface area contributed by atoms with Gasteiger partial charge in [0.1, 0.15) is 5.82 Å². The highest BCUT2D eigenvalue weighted by atomic mass is 19.4. The van der Waals surface area contributed by atoms with Crippen LogP contribution in [0.4, 0.5) is 23.2 Å². The SMILES string of the molecule is CCC(C)CC(CC)Nc1ccc(F)c(C(F)(F)F)c1. The Labute approximate surface area is 117 Å². The van der Waals surface area contributed by atoms with Crippen molar-refractivity contribution in [3.63, 3.8) is 0 Å². The number of hydrogen-bond acceptors (Lipinski definition) is 1. The molecule has 0 aliphatic heterocycles. The summed E-state index contributed by atoms with van der Waals surface area (Å²) in [6.45, 7) is 6.17. The quantitative estimate of drug-likeness (QED) is 0.685. The topological polar surface area (TPSA) is 12.0 Å². The van der Waals surface area contributed by atoms with Gasteiger partial charge in [-0.3, -0.25) is 0 Å². The Morgan fingerprint density at radius 1 is 1.15 bits per heavy atom. The first-order valence-corrected chi connectivity index (χ1v) is 6.91. The van der Waals surface area contributed by atoms with E-state index in [4.69, 9.17) is 0 Å². The van der Waals surface area contributed by atoms with E-state index >= 15 is 0 Å². The molecule has 1 rings (SSSR count). The molecule has 0 saturated heterocycles. The second-order valence-corrected chi connectivity index (χ2v) is 5.19. The van der Waals surface area contributed by atoms with Crippen molar-refractivity contribution < 1.29 is 17.6 Å². The first kappa shape index (κ1) is 16.8. The Morgan fingerprint density at radius 2 is 1.80 bits per heavy atom. The highest BCUT2D eigenvalue weighted by Gasteiger charge is 2.34. The molecule has 2 atom stereocenters. The molecule has 2 unspecified atom stereocenters. The van der Waals surface area contributed by atoms with Crippen molar-refractivity contribution in [1.82, 2.24) is 0 Å². The zero-order valence-electron chi connectivity index (χ0n) is 12.0. The van der Waals surface area contributed by atoms with E-state index in [1.165, 1.54) is 6.07 Å². The van der Waals surface area contributed by atoms with Gasteiger partial charge in [0.05, 0.1) is 5.56 Å². The summed E-state index contributed by atoms with van der Waals surface area (Å²) in [7, 11) is 0. The lowest BCUT2D eigenvalue weighted by atomic mass is 9.97. The molecule has 1 aromatic carbocycles. The third-order valence-electron chi connectivity index (χ3n) is 3.52. The third kappa shape index (κ3) is 4.69. The lowest BCUT2D eigenvalue weighted by Crippen LogP contribution is -2.21. The van der Waals surface area contributed by atoms with E-state index in [0.29, 0.717) is 11.6 Å². The summed E-state index contributed by atoms with van der Waals surface area (Å²) in [6.07, 6.45) is -1.95. The van der Waals surface area contributed by atoms with Gasteiger partial charge >= 0.3 is 6.18 Å². The standard InChI is InChI=1S/C15H21F4N/c1-4-10(3)8-11(5-2)20-12-6-7-14(16)13(9-12)15(17,18)19/h6-7,9-11,20H,4-5,8H2,1-3H3. The van der Waals surface area contributed by atoms with Crippen molar-refractivity contribution in [1.29, 1.82) is 0 Å². The third-order valence-corrected chi connectivity index (χ3v) is 3.52. The molecule has 0 aromatic heterocycles. The van der Waals surface area contributed by atoms with Gasteiger partial charge in [0.2, 0.25) is 0 Å². The minimum Gasteiger partial charge on any atom is -0.382 e. The maximum Gasteiger partial charge on any atom is 0.419 e. The van der Waals surface area contributed by atoms with Crippen LogP contribution in [0.3, 0.4) is 0 Å². The van der Waals surface area contributed by atoms with Crippen LogP contribution in [0, 0.1) is 11.7 Å². The minimum atomic E-state index is -4.67. The van der Waals surface area contributed by atoms with Gasteiger partial charge < -0.3 is 5.32 Å². The van der Waals surface area contributed by atoms with E-state index in [2.05, 4.69) is 19.2 Å². The van der Waals surface area contributed by atoms with E-state index in [9.17, 15) is 17.6 Å². The van der Waals surface area contributed by atoms with Crippen LogP contribution >= 0.6 is 0 Å². The maximum atomic E-state index is 13.2. The molecule has 114 valence electrons. The summed E-state index contributed by atoms with van der Waals surface area (Å²) < 4.78 is 51.1. The zero-order valence-corrected chi connectivity index (χ0v) is 12.0. The van der Waals surface area contributed by atoms with E-state index < -0.39 is 17.6 Å². The maximum absolute atomic E-state index is 13.2. The number of alkyl halides is 3. The molecule has 0 heterocycles.